The summed E-state index contributed by atoms with van der Waals surface area (Å²) >= 11 is 6.20. The van der Waals surface area contributed by atoms with E-state index in [4.69, 9.17) is 16.3 Å². The van der Waals surface area contributed by atoms with Gasteiger partial charge in [-0.15, -0.1) is 0 Å². The molecule has 1 aliphatic heterocycles. The second-order valence-electron chi connectivity index (χ2n) is 7.29. The summed E-state index contributed by atoms with van der Waals surface area (Å²) in [5, 5.41) is 3.38. The highest BCUT2D eigenvalue weighted by Crippen LogP contribution is 2.31. The molecule has 30 heavy (non-hydrogen) atoms. The Morgan fingerprint density at radius 2 is 1.63 bits per heavy atom. The fourth-order valence-electron chi connectivity index (χ4n) is 3.38. The van der Waals surface area contributed by atoms with E-state index in [1.807, 2.05) is 43.3 Å². The molecule has 3 aromatic carbocycles. The van der Waals surface area contributed by atoms with Gasteiger partial charge in [-0.25, -0.2) is 0 Å². The number of hydrogen-bond acceptors (Lipinski definition) is 3. The third-order valence-corrected chi connectivity index (χ3v) is 5.34. The monoisotopic (exact) mass is 420 g/mol. The van der Waals surface area contributed by atoms with Gasteiger partial charge in [0.15, 0.2) is 0 Å². The number of nitrogens with one attached hydrogen (secondary N) is 1. The van der Waals surface area contributed by atoms with Crippen molar-refractivity contribution in [3.05, 3.63) is 83.4 Å². The quantitative estimate of drug-likeness (QED) is 0.598. The highest BCUT2D eigenvalue weighted by Gasteiger charge is 2.35. The number of anilines is 2. The van der Waals surface area contributed by atoms with Crippen LogP contribution in [0.1, 0.15) is 12.0 Å². The second-order valence-corrected chi connectivity index (χ2v) is 7.69. The number of carbonyl (C=O) groups excluding carboxylic acids is 2. The van der Waals surface area contributed by atoms with Gasteiger partial charge < -0.3 is 15.0 Å². The predicted molar refractivity (Wildman–Crippen MR) is 118 cm³/mol. The van der Waals surface area contributed by atoms with Gasteiger partial charge in [0.25, 0.3) is 0 Å². The van der Waals surface area contributed by atoms with Crippen LogP contribution in [0, 0.1) is 12.8 Å². The number of carbonyl (C=O) groups is 2. The summed E-state index contributed by atoms with van der Waals surface area (Å²) in [5.41, 5.74) is 2.45. The van der Waals surface area contributed by atoms with Crippen LogP contribution < -0.4 is 15.0 Å². The van der Waals surface area contributed by atoms with Gasteiger partial charge in [0.1, 0.15) is 11.5 Å². The van der Waals surface area contributed by atoms with Crippen molar-refractivity contribution in [2.45, 2.75) is 13.3 Å². The van der Waals surface area contributed by atoms with Gasteiger partial charge in [0.05, 0.1) is 16.6 Å². The number of para-hydroxylation sites is 1. The molecule has 1 heterocycles. The lowest BCUT2D eigenvalue weighted by molar-refractivity contribution is -0.122. The molecule has 1 fully saturated rings. The molecular formula is C24H21ClN2O3. The van der Waals surface area contributed by atoms with Crippen LogP contribution in [0.25, 0.3) is 0 Å². The van der Waals surface area contributed by atoms with Gasteiger partial charge >= 0.3 is 0 Å². The van der Waals surface area contributed by atoms with Gasteiger partial charge in [-0.2, -0.15) is 0 Å². The normalized spacial score (nSPS) is 15.9. The Bertz CT molecular complexity index is 1060. The number of ether oxygens (including phenoxy) is 1. The van der Waals surface area contributed by atoms with Crippen molar-refractivity contribution in [2.24, 2.45) is 5.92 Å². The molecule has 2 amide bonds. The molecule has 0 bridgehead atoms. The lowest BCUT2D eigenvalue weighted by Crippen LogP contribution is -2.28. The van der Waals surface area contributed by atoms with Gasteiger partial charge in [-0.3, -0.25) is 9.59 Å². The average molecular weight is 421 g/mol. The molecule has 1 N–H and O–H groups in total. The van der Waals surface area contributed by atoms with Crippen LogP contribution in [0.4, 0.5) is 11.4 Å². The van der Waals surface area contributed by atoms with Crippen LogP contribution in [0.5, 0.6) is 11.5 Å². The predicted octanol–water partition coefficient (Wildman–Crippen LogP) is 5.43. The minimum Gasteiger partial charge on any atom is -0.457 e. The minimum absolute atomic E-state index is 0.106. The summed E-state index contributed by atoms with van der Waals surface area (Å²) < 4.78 is 5.80. The number of benzene rings is 3. The summed E-state index contributed by atoms with van der Waals surface area (Å²) in [6.45, 7) is 2.33. The summed E-state index contributed by atoms with van der Waals surface area (Å²) in [7, 11) is 0. The molecule has 1 aliphatic rings. The zero-order chi connectivity index (χ0) is 21.1. The molecule has 152 valence electrons. The van der Waals surface area contributed by atoms with E-state index in [-0.39, 0.29) is 18.2 Å². The zero-order valence-corrected chi connectivity index (χ0v) is 17.2. The third kappa shape index (κ3) is 4.47. The maximum absolute atomic E-state index is 12.7. The summed E-state index contributed by atoms with van der Waals surface area (Å²) in [6, 6.07) is 22.1. The molecule has 0 aliphatic carbocycles. The Hall–Kier alpha value is -3.31. The summed E-state index contributed by atoms with van der Waals surface area (Å²) in [6.07, 6.45) is 0.158. The van der Waals surface area contributed by atoms with Crippen LogP contribution in [-0.4, -0.2) is 18.4 Å². The lowest BCUT2D eigenvalue weighted by Gasteiger charge is -2.18. The van der Waals surface area contributed by atoms with E-state index >= 15 is 0 Å². The molecule has 0 aromatic heterocycles. The topological polar surface area (TPSA) is 58.6 Å². The lowest BCUT2D eigenvalue weighted by atomic mass is 10.1. The molecule has 0 saturated carbocycles. The van der Waals surface area contributed by atoms with E-state index in [1.54, 1.807) is 41.3 Å². The number of rotatable bonds is 5. The highest BCUT2D eigenvalue weighted by molar-refractivity contribution is 6.33. The number of hydrogen-bond donors (Lipinski definition) is 1. The molecule has 0 spiro atoms. The van der Waals surface area contributed by atoms with Crippen LogP contribution in [0.2, 0.25) is 5.02 Å². The molecule has 1 atom stereocenters. The first kappa shape index (κ1) is 20.0. The Morgan fingerprint density at radius 1 is 1.00 bits per heavy atom. The largest absolute Gasteiger partial charge is 0.457 e. The summed E-state index contributed by atoms with van der Waals surface area (Å²) in [5.74, 6) is 0.701. The smallest absolute Gasteiger partial charge is 0.229 e. The minimum atomic E-state index is -0.433. The van der Waals surface area contributed by atoms with E-state index < -0.39 is 5.92 Å². The van der Waals surface area contributed by atoms with E-state index in [0.717, 1.165) is 5.75 Å². The van der Waals surface area contributed by atoms with Crippen LogP contribution >= 0.6 is 11.6 Å². The summed E-state index contributed by atoms with van der Waals surface area (Å²) in [4.78, 5) is 26.7. The highest BCUT2D eigenvalue weighted by atomic mass is 35.5. The zero-order valence-electron chi connectivity index (χ0n) is 16.5. The molecule has 5 nitrogen and oxygen atoms in total. The van der Waals surface area contributed by atoms with Crippen molar-refractivity contribution < 1.29 is 14.3 Å². The maximum Gasteiger partial charge on any atom is 0.229 e. The standard InChI is InChI=1S/C24H21ClN2O3/c1-16-6-10-19(11-7-16)30-20-12-8-18(9-13-20)26-24(29)17-14-23(28)27(15-17)22-5-3-2-4-21(22)25/h2-13,17H,14-15H2,1H3,(H,26,29)/t17-/m0/s1. The molecule has 0 unspecified atom stereocenters. The molecule has 3 aromatic rings. The van der Waals surface area contributed by atoms with Gasteiger partial charge in [-0.05, 0) is 55.5 Å². The fraction of sp³-hybridized carbons (Fsp3) is 0.167. The van der Waals surface area contributed by atoms with Crippen molar-refractivity contribution in [1.82, 2.24) is 0 Å². The Morgan fingerprint density at radius 3 is 2.30 bits per heavy atom. The first-order chi connectivity index (χ1) is 14.5. The molecular weight excluding hydrogens is 400 g/mol. The molecule has 0 radical (unpaired) electrons. The second kappa shape index (κ2) is 8.59. The van der Waals surface area contributed by atoms with Crippen molar-refractivity contribution in [2.75, 3.05) is 16.8 Å². The van der Waals surface area contributed by atoms with Gasteiger partial charge in [0, 0.05) is 18.7 Å². The van der Waals surface area contributed by atoms with Gasteiger partial charge in [0.2, 0.25) is 11.8 Å². The Labute approximate surface area is 180 Å². The first-order valence-corrected chi connectivity index (χ1v) is 10.1. The third-order valence-electron chi connectivity index (χ3n) is 5.02. The number of halogens is 1. The van der Waals surface area contributed by atoms with E-state index in [0.29, 0.717) is 28.7 Å². The van der Waals surface area contributed by atoms with Crippen molar-refractivity contribution in [1.29, 1.82) is 0 Å². The average Bonchev–Trinajstić information content (AvgIpc) is 3.13. The number of nitrogens with zero attached hydrogens (tertiary/aromatic N) is 1. The van der Waals surface area contributed by atoms with Crippen molar-refractivity contribution in [3.63, 3.8) is 0 Å². The fourth-order valence-corrected chi connectivity index (χ4v) is 3.62. The van der Waals surface area contributed by atoms with Crippen LogP contribution in [0.3, 0.4) is 0 Å². The number of aryl methyl sites for hydroxylation is 1. The van der Waals surface area contributed by atoms with E-state index in [2.05, 4.69) is 5.32 Å². The van der Waals surface area contributed by atoms with Gasteiger partial charge in [-0.1, -0.05) is 41.4 Å². The SMILES string of the molecule is Cc1ccc(Oc2ccc(NC(=O)[C@H]3CC(=O)N(c4ccccc4Cl)C3)cc2)cc1. The molecule has 1 saturated heterocycles. The first-order valence-electron chi connectivity index (χ1n) is 9.70. The van der Waals surface area contributed by atoms with E-state index in [9.17, 15) is 9.59 Å². The molecule has 4 rings (SSSR count). The van der Waals surface area contributed by atoms with Crippen LogP contribution in [-0.2, 0) is 9.59 Å². The maximum atomic E-state index is 12.7. The van der Waals surface area contributed by atoms with E-state index in [1.165, 1.54) is 5.56 Å². The molecule has 6 heteroatoms. The van der Waals surface area contributed by atoms with Crippen LogP contribution in [0.15, 0.2) is 72.8 Å². The number of amides is 2. The van der Waals surface area contributed by atoms with Crippen molar-refractivity contribution >= 4 is 34.8 Å². The Balaban J connectivity index is 1.37. The Kier molecular flexibility index (Phi) is 5.72. The van der Waals surface area contributed by atoms with Crippen molar-refractivity contribution in [3.8, 4) is 11.5 Å².